The van der Waals surface area contributed by atoms with Gasteiger partial charge >= 0.3 is 0 Å². The molecule has 1 aromatic carbocycles. The highest BCUT2D eigenvalue weighted by molar-refractivity contribution is 5.82. The Kier molecular flexibility index (Phi) is 12.4. The van der Waals surface area contributed by atoms with Crippen LogP contribution in [0.5, 0.6) is 0 Å². The van der Waals surface area contributed by atoms with Gasteiger partial charge in [-0.25, -0.2) is 0 Å². The molecule has 0 aliphatic heterocycles. The third-order valence-corrected chi connectivity index (χ3v) is 5.91. The lowest BCUT2D eigenvalue weighted by Crippen LogP contribution is -2.19. The highest BCUT2D eigenvalue weighted by atomic mass is 16.5. The highest BCUT2D eigenvalue weighted by Crippen LogP contribution is 2.41. The third-order valence-electron chi connectivity index (χ3n) is 5.91. The number of ether oxygens (including phenoxy) is 2. The van der Waals surface area contributed by atoms with E-state index in [2.05, 4.69) is 67.1 Å². The molecule has 4 nitrogen and oxygen atoms in total. The van der Waals surface area contributed by atoms with Crippen molar-refractivity contribution < 1.29 is 9.47 Å². The molecule has 0 aromatic heterocycles. The van der Waals surface area contributed by atoms with Gasteiger partial charge < -0.3 is 20.1 Å². The Bertz CT molecular complexity index is 922. The molecule has 184 valence electrons. The average Bonchev–Trinajstić information content (AvgIpc) is 2.86. The number of hydrogen-bond acceptors (Lipinski definition) is 4. The fourth-order valence-electron chi connectivity index (χ4n) is 3.96. The predicted octanol–water partition coefficient (Wildman–Crippen LogP) is 5.98. The summed E-state index contributed by atoms with van der Waals surface area (Å²) in [6, 6.07) is 10.6. The van der Waals surface area contributed by atoms with Crippen LogP contribution in [0.25, 0.3) is 5.57 Å². The van der Waals surface area contributed by atoms with Crippen molar-refractivity contribution in [2.24, 2.45) is 0 Å². The molecule has 34 heavy (non-hydrogen) atoms. The first-order valence-electron chi connectivity index (χ1n) is 12.3. The van der Waals surface area contributed by atoms with Gasteiger partial charge in [0.2, 0.25) is 0 Å². The average molecular weight is 463 g/mol. The number of rotatable bonds is 14. The van der Waals surface area contributed by atoms with Crippen LogP contribution >= 0.6 is 0 Å². The monoisotopic (exact) mass is 462 g/mol. The molecule has 1 aliphatic rings. The van der Waals surface area contributed by atoms with E-state index in [1.54, 1.807) is 0 Å². The maximum absolute atomic E-state index is 6.07. The molecular formula is C30H42N2O2. The van der Waals surface area contributed by atoms with Gasteiger partial charge in [-0.05, 0) is 85.9 Å². The van der Waals surface area contributed by atoms with Crippen molar-refractivity contribution in [2.45, 2.75) is 39.2 Å². The lowest BCUT2D eigenvalue weighted by atomic mass is 9.78. The lowest BCUT2D eigenvalue weighted by Gasteiger charge is -2.27. The van der Waals surface area contributed by atoms with Gasteiger partial charge in [-0.15, -0.1) is 0 Å². The van der Waals surface area contributed by atoms with Gasteiger partial charge in [0.1, 0.15) is 12.4 Å². The number of nitrogens with one attached hydrogen (secondary N) is 2. The molecular weight excluding hydrogens is 420 g/mol. The van der Waals surface area contributed by atoms with E-state index in [-0.39, 0.29) is 6.10 Å². The van der Waals surface area contributed by atoms with Crippen LogP contribution in [-0.2, 0) is 9.47 Å². The molecule has 2 N–H and O–H groups in total. The summed E-state index contributed by atoms with van der Waals surface area (Å²) in [6.45, 7) is 16.1. The maximum Gasteiger partial charge on any atom is 0.115 e. The Morgan fingerprint density at radius 1 is 1.06 bits per heavy atom. The van der Waals surface area contributed by atoms with Gasteiger partial charge in [0.25, 0.3) is 0 Å². The van der Waals surface area contributed by atoms with E-state index in [9.17, 15) is 0 Å². The topological polar surface area (TPSA) is 42.5 Å². The molecule has 2 rings (SSSR count). The summed E-state index contributed by atoms with van der Waals surface area (Å²) < 4.78 is 11.9. The van der Waals surface area contributed by atoms with Crippen molar-refractivity contribution in [3.8, 4) is 0 Å². The van der Waals surface area contributed by atoms with Gasteiger partial charge in [0.05, 0.1) is 12.7 Å². The zero-order valence-corrected chi connectivity index (χ0v) is 21.5. The standard InChI is InChI=1S/C30H42N2O2/c1-7-27(33-20-18-31-5)16-14-23(3)30-24(4)26(22-28(8-2)34-21-19-32-6)15-17-29(30)25-12-10-9-11-13-25/h7,9-14,16,22,28,31-32H,3-4,8,15,17-21H2,1-2,5-6H3/b16-14-,26-22-,27-7+. The minimum atomic E-state index is 0.0821. The number of benzene rings is 1. The summed E-state index contributed by atoms with van der Waals surface area (Å²) in [5.41, 5.74) is 6.86. The molecule has 1 aromatic rings. The van der Waals surface area contributed by atoms with Gasteiger partial charge in [-0.2, -0.15) is 0 Å². The van der Waals surface area contributed by atoms with E-state index < -0.39 is 0 Å². The molecule has 0 spiro atoms. The molecule has 0 saturated heterocycles. The molecule has 0 radical (unpaired) electrons. The van der Waals surface area contributed by atoms with E-state index in [4.69, 9.17) is 9.47 Å². The maximum atomic E-state index is 6.07. The van der Waals surface area contributed by atoms with E-state index >= 15 is 0 Å². The normalized spacial score (nSPS) is 17.0. The second kappa shape index (κ2) is 15.3. The summed E-state index contributed by atoms with van der Waals surface area (Å²) in [5, 5.41) is 6.24. The Balaban J connectivity index is 2.35. The SMILES string of the molecule is C=C(/C=C\C(=C/C)OCCNC)C1=C(c2ccccc2)CC/C(=C/C(CC)OCCNC)C1=C. The first-order chi connectivity index (χ1) is 16.5. The fourth-order valence-corrected chi connectivity index (χ4v) is 3.96. The molecule has 0 saturated carbocycles. The van der Waals surface area contributed by atoms with Crippen molar-refractivity contribution in [3.63, 3.8) is 0 Å². The molecule has 1 unspecified atom stereocenters. The molecule has 0 fully saturated rings. The number of hydrogen-bond donors (Lipinski definition) is 2. The number of likely N-dealkylation sites (N-methyl/N-ethyl adjacent to an activating group) is 2. The highest BCUT2D eigenvalue weighted by Gasteiger charge is 2.23. The first kappa shape index (κ1) is 27.6. The molecule has 1 aliphatic carbocycles. The predicted molar refractivity (Wildman–Crippen MR) is 146 cm³/mol. The molecule has 0 bridgehead atoms. The first-order valence-corrected chi connectivity index (χ1v) is 12.3. The van der Waals surface area contributed by atoms with Crippen molar-refractivity contribution in [1.29, 1.82) is 0 Å². The number of allylic oxidation sites excluding steroid dienone is 8. The lowest BCUT2D eigenvalue weighted by molar-refractivity contribution is 0.0851. The van der Waals surface area contributed by atoms with Crippen LogP contribution in [0.3, 0.4) is 0 Å². The van der Waals surface area contributed by atoms with Gasteiger partial charge in [-0.3, -0.25) is 0 Å². The summed E-state index contributed by atoms with van der Waals surface area (Å²) in [4.78, 5) is 0. The van der Waals surface area contributed by atoms with Crippen molar-refractivity contribution in [3.05, 3.63) is 101 Å². The van der Waals surface area contributed by atoms with Gasteiger partial charge in [-0.1, -0.05) is 62.6 Å². The molecule has 4 heteroatoms. The van der Waals surface area contributed by atoms with Crippen molar-refractivity contribution >= 4 is 5.57 Å². The van der Waals surface area contributed by atoms with E-state index in [1.165, 1.54) is 16.7 Å². The van der Waals surface area contributed by atoms with Crippen LogP contribution in [-0.4, -0.2) is 46.5 Å². The van der Waals surface area contributed by atoms with E-state index in [0.29, 0.717) is 13.2 Å². The fraction of sp³-hybridized carbons (Fsp3) is 0.400. The van der Waals surface area contributed by atoms with Crippen LogP contribution in [0.4, 0.5) is 0 Å². The van der Waals surface area contributed by atoms with Crippen molar-refractivity contribution in [1.82, 2.24) is 10.6 Å². The smallest absolute Gasteiger partial charge is 0.115 e. The zero-order chi connectivity index (χ0) is 24.8. The Hall–Kier alpha value is -2.66. The summed E-state index contributed by atoms with van der Waals surface area (Å²) in [7, 11) is 3.86. The summed E-state index contributed by atoms with van der Waals surface area (Å²) in [6.07, 6.45) is 11.2. The summed E-state index contributed by atoms with van der Waals surface area (Å²) in [5.74, 6) is 0.833. The van der Waals surface area contributed by atoms with E-state index in [1.807, 2.05) is 39.2 Å². The molecule has 0 amide bonds. The zero-order valence-electron chi connectivity index (χ0n) is 21.5. The second-order valence-corrected chi connectivity index (χ2v) is 8.31. The largest absolute Gasteiger partial charge is 0.493 e. The van der Waals surface area contributed by atoms with Crippen LogP contribution in [0.2, 0.25) is 0 Å². The summed E-state index contributed by atoms with van der Waals surface area (Å²) >= 11 is 0. The Labute approximate surface area is 206 Å². The Morgan fingerprint density at radius 3 is 2.41 bits per heavy atom. The van der Waals surface area contributed by atoms with Crippen LogP contribution < -0.4 is 10.6 Å². The second-order valence-electron chi connectivity index (χ2n) is 8.31. The Morgan fingerprint density at radius 2 is 1.76 bits per heavy atom. The van der Waals surface area contributed by atoms with E-state index in [0.717, 1.165) is 54.8 Å². The minimum Gasteiger partial charge on any atom is -0.493 e. The van der Waals surface area contributed by atoms with Crippen LogP contribution in [0, 0.1) is 0 Å². The van der Waals surface area contributed by atoms with Crippen LogP contribution in [0.1, 0.15) is 38.7 Å². The van der Waals surface area contributed by atoms with Gasteiger partial charge in [0, 0.05) is 13.1 Å². The van der Waals surface area contributed by atoms with Crippen molar-refractivity contribution in [2.75, 3.05) is 40.4 Å². The van der Waals surface area contributed by atoms with Crippen LogP contribution in [0.15, 0.2) is 95.8 Å². The quantitative estimate of drug-likeness (QED) is 0.203. The van der Waals surface area contributed by atoms with Gasteiger partial charge in [0.15, 0.2) is 0 Å². The molecule has 1 atom stereocenters. The third kappa shape index (κ3) is 8.28. The minimum absolute atomic E-state index is 0.0821. The molecule has 0 heterocycles.